The van der Waals surface area contributed by atoms with Gasteiger partial charge in [0.1, 0.15) is 5.60 Å². The van der Waals surface area contributed by atoms with Crippen molar-refractivity contribution in [2.75, 3.05) is 25.1 Å². The molecular weight excluding hydrogens is 382 g/mol. The van der Waals surface area contributed by atoms with Crippen LogP contribution in [0.15, 0.2) is 30.3 Å². The van der Waals surface area contributed by atoms with Crippen molar-refractivity contribution in [2.45, 2.75) is 58.6 Å². The lowest BCUT2D eigenvalue weighted by atomic mass is 10.2. The van der Waals surface area contributed by atoms with Gasteiger partial charge in [-0.2, -0.15) is 0 Å². The summed E-state index contributed by atoms with van der Waals surface area (Å²) in [5.41, 5.74) is 0.589. The molecule has 0 heterocycles. The summed E-state index contributed by atoms with van der Waals surface area (Å²) in [7, 11) is 0. The molecule has 0 aliphatic rings. The van der Waals surface area contributed by atoms with Gasteiger partial charge in [-0.3, -0.25) is 0 Å². The van der Waals surface area contributed by atoms with Crippen LogP contribution in [-0.2, 0) is 16.0 Å². The largest absolute Gasteiger partial charge is 0.444 e. The number of benzene rings is 1. The van der Waals surface area contributed by atoms with Crippen molar-refractivity contribution in [3.63, 3.8) is 0 Å². The number of ether oxygens (including phenoxy) is 2. The highest BCUT2D eigenvalue weighted by atomic mass is 79.9. The monoisotopic (exact) mass is 413 g/mol. The zero-order chi connectivity index (χ0) is 18.5. The molecule has 5 heteroatoms. The molecule has 0 bridgehead atoms. The van der Waals surface area contributed by atoms with Gasteiger partial charge < -0.3 is 14.4 Å². The van der Waals surface area contributed by atoms with Crippen LogP contribution >= 0.6 is 15.9 Å². The number of hydrogen-bond donors (Lipinski definition) is 0. The fourth-order valence-electron chi connectivity index (χ4n) is 2.29. The first-order chi connectivity index (χ1) is 11.9. The molecule has 0 radical (unpaired) electrons. The third-order valence-corrected chi connectivity index (χ3v) is 4.11. The molecule has 4 nitrogen and oxygen atoms in total. The zero-order valence-corrected chi connectivity index (χ0v) is 17.4. The number of alkyl halides is 1. The van der Waals surface area contributed by atoms with E-state index >= 15 is 0 Å². The van der Waals surface area contributed by atoms with Crippen LogP contribution in [0.25, 0.3) is 0 Å². The number of nitrogens with zero attached hydrogens (tertiary/aromatic N) is 1. The molecule has 0 unspecified atom stereocenters. The average molecular weight is 414 g/mol. The van der Waals surface area contributed by atoms with Crippen LogP contribution in [0.5, 0.6) is 0 Å². The Morgan fingerprint density at radius 1 is 1.04 bits per heavy atom. The molecule has 1 rings (SSSR count). The summed E-state index contributed by atoms with van der Waals surface area (Å²) in [6, 6.07) is 9.96. The first-order valence-corrected chi connectivity index (χ1v) is 10.2. The maximum absolute atomic E-state index is 12.4. The number of hydrogen-bond acceptors (Lipinski definition) is 3. The van der Waals surface area contributed by atoms with Gasteiger partial charge in [-0.05, 0) is 39.2 Å². The second kappa shape index (κ2) is 12.3. The number of carbonyl (C=O) groups excluding carboxylic acids is 1. The smallest absolute Gasteiger partial charge is 0.410 e. The van der Waals surface area contributed by atoms with Gasteiger partial charge in [0, 0.05) is 25.0 Å². The van der Waals surface area contributed by atoms with Crippen molar-refractivity contribution < 1.29 is 14.3 Å². The first kappa shape index (κ1) is 22.0. The van der Waals surface area contributed by atoms with Crippen molar-refractivity contribution >= 4 is 22.0 Å². The Morgan fingerprint density at radius 3 is 2.36 bits per heavy atom. The highest BCUT2D eigenvalue weighted by molar-refractivity contribution is 9.09. The average Bonchev–Trinajstić information content (AvgIpc) is 2.55. The van der Waals surface area contributed by atoms with Crippen molar-refractivity contribution in [1.82, 2.24) is 4.90 Å². The minimum absolute atomic E-state index is 0.294. The summed E-state index contributed by atoms with van der Waals surface area (Å²) < 4.78 is 11.2. The molecule has 0 aliphatic heterocycles. The van der Waals surface area contributed by atoms with E-state index in [-0.39, 0.29) is 6.09 Å². The second-order valence-electron chi connectivity index (χ2n) is 7.10. The molecule has 0 spiro atoms. The van der Waals surface area contributed by atoms with Gasteiger partial charge in [0.2, 0.25) is 0 Å². The summed E-state index contributed by atoms with van der Waals surface area (Å²) in [5.74, 6) is 0. The molecule has 25 heavy (non-hydrogen) atoms. The van der Waals surface area contributed by atoms with E-state index < -0.39 is 5.60 Å². The van der Waals surface area contributed by atoms with Gasteiger partial charge in [-0.25, -0.2) is 4.79 Å². The van der Waals surface area contributed by atoms with E-state index in [1.165, 1.54) is 19.3 Å². The molecule has 0 aromatic heterocycles. The minimum Gasteiger partial charge on any atom is -0.444 e. The van der Waals surface area contributed by atoms with E-state index in [4.69, 9.17) is 9.47 Å². The third-order valence-electron chi connectivity index (χ3n) is 3.55. The molecule has 0 atom stereocenters. The molecule has 1 aromatic rings. The maximum atomic E-state index is 12.4. The van der Waals surface area contributed by atoms with Gasteiger partial charge in [0.05, 0.1) is 6.61 Å². The SMILES string of the molecule is CC(C)(C)OC(=O)N(CCOCCCCCCBr)Cc1ccccc1. The van der Waals surface area contributed by atoms with Crippen LogP contribution in [-0.4, -0.2) is 41.7 Å². The van der Waals surface area contributed by atoms with E-state index in [0.717, 1.165) is 23.9 Å². The fraction of sp³-hybridized carbons (Fsp3) is 0.650. The molecule has 142 valence electrons. The summed E-state index contributed by atoms with van der Waals surface area (Å²) in [6.07, 6.45) is 4.40. The molecule has 0 N–H and O–H groups in total. The fourth-order valence-corrected chi connectivity index (χ4v) is 2.69. The van der Waals surface area contributed by atoms with Crippen LogP contribution < -0.4 is 0 Å². The predicted molar refractivity (Wildman–Crippen MR) is 106 cm³/mol. The molecule has 1 aromatic carbocycles. The van der Waals surface area contributed by atoms with E-state index in [0.29, 0.717) is 19.7 Å². The summed E-state index contributed by atoms with van der Waals surface area (Å²) in [5, 5.41) is 1.07. The zero-order valence-electron chi connectivity index (χ0n) is 15.8. The van der Waals surface area contributed by atoms with Crippen LogP contribution in [0, 0.1) is 0 Å². The van der Waals surface area contributed by atoms with Gasteiger partial charge in [0.25, 0.3) is 0 Å². The number of halogens is 1. The Labute approximate surface area is 161 Å². The summed E-state index contributed by atoms with van der Waals surface area (Å²) in [4.78, 5) is 14.2. The lowest BCUT2D eigenvalue weighted by Gasteiger charge is -2.27. The van der Waals surface area contributed by atoms with Gasteiger partial charge in [0.15, 0.2) is 0 Å². The number of rotatable bonds is 11. The highest BCUT2D eigenvalue weighted by Gasteiger charge is 2.22. The normalized spacial score (nSPS) is 11.4. The number of unbranched alkanes of at least 4 members (excludes halogenated alkanes) is 3. The van der Waals surface area contributed by atoms with E-state index in [1.807, 2.05) is 51.1 Å². The van der Waals surface area contributed by atoms with Gasteiger partial charge in [-0.1, -0.05) is 59.1 Å². The van der Waals surface area contributed by atoms with Crippen molar-refractivity contribution in [3.8, 4) is 0 Å². The number of carbonyl (C=O) groups is 1. The second-order valence-corrected chi connectivity index (χ2v) is 7.90. The van der Waals surface area contributed by atoms with Crippen LogP contribution in [0.2, 0.25) is 0 Å². The van der Waals surface area contributed by atoms with E-state index in [9.17, 15) is 4.79 Å². The lowest BCUT2D eigenvalue weighted by molar-refractivity contribution is 0.0155. The summed E-state index contributed by atoms with van der Waals surface area (Å²) in [6.45, 7) is 8.00. The van der Waals surface area contributed by atoms with E-state index in [2.05, 4.69) is 15.9 Å². The minimum atomic E-state index is -0.498. The summed E-state index contributed by atoms with van der Waals surface area (Å²) >= 11 is 3.44. The molecule has 0 fully saturated rings. The van der Waals surface area contributed by atoms with E-state index in [1.54, 1.807) is 4.90 Å². The Bertz CT molecular complexity index is 474. The van der Waals surface area contributed by atoms with Crippen LogP contribution in [0.3, 0.4) is 0 Å². The van der Waals surface area contributed by atoms with Crippen LogP contribution in [0.1, 0.15) is 52.0 Å². The first-order valence-electron chi connectivity index (χ1n) is 9.08. The molecule has 0 saturated heterocycles. The Balaban J connectivity index is 2.41. The predicted octanol–water partition coefficient (Wildman–Crippen LogP) is 5.40. The van der Waals surface area contributed by atoms with Crippen molar-refractivity contribution in [1.29, 1.82) is 0 Å². The topological polar surface area (TPSA) is 38.8 Å². The molecular formula is C20H32BrNO3. The highest BCUT2D eigenvalue weighted by Crippen LogP contribution is 2.13. The molecule has 0 aliphatic carbocycles. The van der Waals surface area contributed by atoms with Gasteiger partial charge >= 0.3 is 6.09 Å². The van der Waals surface area contributed by atoms with Crippen molar-refractivity contribution in [3.05, 3.63) is 35.9 Å². The Morgan fingerprint density at radius 2 is 1.72 bits per heavy atom. The van der Waals surface area contributed by atoms with Crippen molar-refractivity contribution in [2.24, 2.45) is 0 Å². The number of amides is 1. The maximum Gasteiger partial charge on any atom is 0.410 e. The quantitative estimate of drug-likeness (QED) is 0.360. The van der Waals surface area contributed by atoms with Crippen LogP contribution in [0.4, 0.5) is 4.79 Å². The van der Waals surface area contributed by atoms with Gasteiger partial charge in [-0.15, -0.1) is 0 Å². The standard InChI is InChI=1S/C20H32BrNO3/c1-20(2,3)25-19(23)22(17-18-11-7-6-8-12-18)14-16-24-15-10-5-4-9-13-21/h6-8,11-12H,4-5,9-10,13-17H2,1-3H3. The lowest BCUT2D eigenvalue weighted by Crippen LogP contribution is -2.38. The third kappa shape index (κ3) is 11.2. The molecule has 1 amide bonds. The Kier molecular flexibility index (Phi) is 10.8. The Hall–Kier alpha value is -1.07. The molecule has 0 saturated carbocycles.